The topological polar surface area (TPSA) is 93.0 Å². The van der Waals surface area contributed by atoms with Gasteiger partial charge in [0, 0.05) is 18.4 Å². The van der Waals surface area contributed by atoms with Crippen molar-refractivity contribution in [3.8, 4) is 0 Å². The first-order valence-electron chi connectivity index (χ1n) is 6.32. The van der Waals surface area contributed by atoms with Crippen molar-refractivity contribution in [1.29, 1.82) is 0 Å². The minimum absolute atomic E-state index is 0.165. The fraction of sp³-hybridized carbons (Fsp3) is 0.385. The summed E-state index contributed by atoms with van der Waals surface area (Å²) in [5, 5.41) is 11.0. The second-order valence-corrected chi connectivity index (χ2v) is 4.23. The first-order valence-corrected chi connectivity index (χ1v) is 6.32. The van der Waals surface area contributed by atoms with Crippen molar-refractivity contribution in [3.63, 3.8) is 0 Å². The Bertz CT molecular complexity index is 565. The minimum atomic E-state index is -0.165. The number of benzene rings is 1. The van der Waals surface area contributed by atoms with E-state index in [9.17, 15) is 4.79 Å². The minimum Gasteiger partial charge on any atom is -0.466 e. The molecule has 0 aliphatic rings. The second kappa shape index (κ2) is 6.08. The van der Waals surface area contributed by atoms with Crippen LogP contribution in [-0.2, 0) is 9.53 Å². The number of anilines is 2. The van der Waals surface area contributed by atoms with Crippen LogP contribution in [0.3, 0.4) is 0 Å². The Morgan fingerprint density at radius 1 is 1.53 bits per heavy atom. The lowest BCUT2D eigenvalue weighted by molar-refractivity contribution is -0.143. The molecule has 0 atom stereocenters. The van der Waals surface area contributed by atoms with E-state index >= 15 is 0 Å². The van der Waals surface area contributed by atoms with Gasteiger partial charge in [-0.25, -0.2) is 0 Å². The molecular weight excluding hydrogens is 244 g/mol. The van der Waals surface area contributed by atoms with Crippen LogP contribution in [0, 0.1) is 0 Å². The molecule has 0 spiro atoms. The van der Waals surface area contributed by atoms with Gasteiger partial charge in [0.15, 0.2) is 0 Å². The molecule has 1 heterocycles. The standard InChI is InChI=1S/C13H18N4O2/c1-2-19-13(18)4-3-5-15-12-7-11-9(6-10(12)14)8-16-17-11/h6-8,15H,2-5,14H2,1H3,(H,16,17). The number of carbonyl (C=O) groups excluding carboxylic acids is 1. The molecule has 0 radical (unpaired) electrons. The van der Waals surface area contributed by atoms with Crippen LogP contribution in [0.25, 0.3) is 10.9 Å². The predicted molar refractivity (Wildman–Crippen MR) is 74.9 cm³/mol. The molecule has 19 heavy (non-hydrogen) atoms. The van der Waals surface area contributed by atoms with Gasteiger partial charge in [0.05, 0.1) is 29.7 Å². The molecule has 1 aromatic heterocycles. The molecule has 0 aliphatic carbocycles. The maximum atomic E-state index is 11.2. The molecule has 6 nitrogen and oxygen atoms in total. The van der Waals surface area contributed by atoms with Gasteiger partial charge >= 0.3 is 5.97 Å². The Kier molecular flexibility index (Phi) is 4.22. The summed E-state index contributed by atoms with van der Waals surface area (Å²) in [6.45, 7) is 2.90. The SMILES string of the molecule is CCOC(=O)CCCNc1cc2[nH]ncc2cc1N. The van der Waals surface area contributed by atoms with E-state index in [0.717, 1.165) is 16.6 Å². The fourth-order valence-electron chi connectivity index (χ4n) is 1.85. The number of esters is 1. The summed E-state index contributed by atoms with van der Waals surface area (Å²) in [4.78, 5) is 11.2. The monoisotopic (exact) mass is 262 g/mol. The molecule has 4 N–H and O–H groups in total. The number of nitrogen functional groups attached to an aromatic ring is 1. The largest absolute Gasteiger partial charge is 0.466 e. The molecule has 102 valence electrons. The van der Waals surface area contributed by atoms with E-state index in [0.29, 0.717) is 31.7 Å². The zero-order valence-electron chi connectivity index (χ0n) is 10.9. The molecule has 1 aromatic carbocycles. The van der Waals surface area contributed by atoms with E-state index in [1.165, 1.54) is 0 Å². The number of aromatic amines is 1. The third-order valence-electron chi connectivity index (χ3n) is 2.79. The third-order valence-corrected chi connectivity index (χ3v) is 2.79. The van der Waals surface area contributed by atoms with E-state index in [2.05, 4.69) is 15.5 Å². The van der Waals surface area contributed by atoms with Crippen molar-refractivity contribution in [2.45, 2.75) is 19.8 Å². The molecule has 0 bridgehead atoms. The molecule has 0 saturated carbocycles. The van der Waals surface area contributed by atoms with Gasteiger partial charge in [-0.15, -0.1) is 0 Å². The number of fused-ring (bicyclic) bond motifs is 1. The highest BCUT2D eigenvalue weighted by molar-refractivity contribution is 5.88. The van der Waals surface area contributed by atoms with Crippen LogP contribution >= 0.6 is 0 Å². The van der Waals surface area contributed by atoms with Crippen LogP contribution in [0.15, 0.2) is 18.3 Å². The number of aromatic nitrogens is 2. The maximum absolute atomic E-state index is 11.2. The molecule has 0 fully saturated rings. The summed E-state index contributed by atoms with van der Waals surface area (Å²) >= 11 is 0. The van der Waals surface area contributed by atoms with Gasteiger partial charge in [-0.2, -0.15) is 5.10 Å². The number of nitrogens with two attached hydrogens (primary N) is 1. The Balaban J connectivity index is 1.87. The van der Waals surface area contributed by atoms with Crippen LogP contribution < -0.4 is 11.1 Å². The highest BCUT2D eigenvalue weighted by Crippen LogP contribution is 2.24. The number of rotatable bonds is 6. The molecule has 2 rings (SSSR count). The van der Waals surface area contributed by atoms with Crippen LogP contribution in [-0.4, -0.2) is 29.3 Å². The molecule has 6 heteroatoms. The van der Waals surface area contributed by atoms with Crippen molar-refractivity contribution in [3.05, 3.63) is 18.3 Å². The Morgan fingerprint density at radius 2 is 2.37 bits per heavy atom. The van der Waals surface area contributed by atoms with Gasteiger partial charge < -0.3 is 15.8 Å². The zero-order chi connectivity index (χ0) is 13.7. The van der Waals surface area contributed by atoms with Crippen molar-refractivity contribution in [2.24, 2.45) is 0 Å². The fourth-order valence-corrected chi connectivity index (χ4v) is 1.85. The summed E-state index contributed by atoms with van der Waals surface area (Å²) in [7, 11) is 0. The van der Waals surface area contributed by atoms with Gasteiger partial charge in [0.2, 0.25) is 0 Å². The third kappa shape index (κ3) is 3.37. The Hall–Kier alpha value is -2.24. The number of hydrogen-bond donors (Lipinski definition) is 3. The van der Waals surface area contributed by atoms with E-state index < -0.39 is 0 Å². The summed E-state index contributed by atoms with van der Waals surface area (Å²) in [6.07, 6.45) is 2.85. The van der Waals surface area contributed by atoms with Crippen LogP contribution in [0.2, 0.25) is 0 Å². The van der Waals surface area contributed by atoms with Crippen LogP contribution in [0.5, 0.6) is 0 Å². The molecule has 0 unspecified atom stereocenters. The van der Waals surface area contributed by atoms with Crippen molar-refractivity contribution in [2.75, 3.05) is 24.2 Å². The van der Waals surface area contributed by atoms with Crippen LogP contribution in [0.1, 0.15) is 19.8 Å². The van der Waals surface area contributed by atoms with Gasteiger partial charge in [-0.1, -0.05) is 0 Å². The smallest absolute Gasteiger partial charge is 0.305 e. The Labute approximate surface area is 111 Å². The lowest BCUT2D eigenvalue weighted by atomic mass is 10.2. The molecule has 0 saturated heterocycles. The lowest BCUT2D eigenvalue weighted by Crippen LogP contribution is -2.09. The quantitative estimate of drug-likeness (QED) is 0.420. The van der Waals surface area contributed by atoms with E-state index in [1.54, 1.807) is 13.1 Å². The van der Waals surface area contributed by atoms with Crippen molar-refractivity contribution < 1.29 is 9.53 Å². The first kappa shape index (κ1) is 13.2. The average Bonchev–Trinajstić information content (AvgIpc) is 2.82. The maximum Gasteiger partial charge on any atom is 0.305 e. The number of carbonyl (C=O) groups is 1. The van der Waals surface area contributed by atoms with E-state index in [1.807, 2.05) is 12.1 Å². The molecule has 0 aliphatic heterocycles. The van der Waals surface area contributed by atoms with Crippen LogP contribution in [0.4, 0.5) is 11.4 Å². The summed E-state index contributed by atoms with van der Waals surface area (Å²) in [6, 6.07) is 3.79. The number of nitrogens with one attached hydrogen (secondary N) is 2. The van der Waals surface area contributed by atoms with Gasteiger partial charge in [-0.3, -0.25) is 9.89 Å². The summed E-state index contributed by atoms with van der Waals surface area (Å²) < 4.78 is 4.86. The zero-order valence-corrected chi connectivity index (χ0v) is 10.9. The highest BCUT2D eigenvalue weighted by atomic mass is 16.5. The first-order chi connectivity index (χ1) is 9.20. The normalized spacial score (nSPS) is 10.6. The van der Waals surface area contributed by atoms with E-state index in [-0.39, 0.29) is 5.97 Å². The number of ether oxygens (including phenoxy) is 1. The highest BCUT2D eigenvalue weighted by Gasteiger charge is 2.04. The summed E-state index contributed by atoms with van der Waals surface area (Å²) in [5.41, 5.74) is 8.39. The average molecular weight is 262 g/mol. The number of nitrogens with zero attached hydrogens (tertiary/aromatic N) is 1. The summed E-state index contributed by atoms with van der Waals surface area (Å²) in [5.74, 6) is -0.165. The molecule has 2 aromatic rings. The second-order valence-electron chi connectivity index (χ2n) is 4.23. The van der Waals surface area contributed by atoms with Crippen molar-refractivity contribution >= 4 is 28.2 Å². The lowest BCUT2D eigenvalue weighted by Gasteiger charge is -2.09. The Morgan fingerprint density at radius 3 is 3.16 bits per heavy atom. The van der Waals surface area contributed by atoms with E-state index in [4.69, 9.17) is 10.5 Å². The van der Waals surface area contributed by atoms with Crippen molar-refractivity contribution in [1.82, 2.24) is 10.2 Å². The number of H-pyrrole nitrogens is 1. The molecular formula is C13H18N4O2. The predicted octanol–water partition coefficient (Wildman–Crippen LogP) is 1.90. The van der Waals surface area contributed by atoms with Gasteiger partial charge in [0.1, 0.15) is 0 Å². The van der Waals surface area contributed by atoms with Gasteiger partial charge in [0.25, 0.3) is 0 Å². The van der Waals surface area contributed by atoms with Gasteiger partial charge in [-0.05, 0) is 25.5 Å². The molecule has 0 amide bonds. The number of hydrogen-bond acceptors (Lipinski definition) is 5.